The summed E-state index contributed by atoms with van der Waals surface area (Å²) >= 11 is 0. The van der Waals surface area contributed by atoms with Crippen molar-refractivity contribution in [1.29, 1.82) is 0 Å². The maximum atomic E-state index is 10.2. The van der Waals surface area contributed by atoms with Gasteiger partial charge in [0.05, 0.1) is 0 Å². The zero-order valence-corrected chi connectivity index (χ0v) is 13.5. The van der Waals surface area contributed by atoms with Gasteiger partial charge in [-0.05, 0) is 44.9 Å². The number of unbranched alkanes of at least 4 members (excludes halogenated alkanes) is 11. The van der Waals surface area contributed by atoms with Crippen molar-refractivity contribution in [2.24, 2.45) is 0 Å². The van der Waals surface area contributed by atoms with Gasteiger partial charge in [0.15, 0.2) is 0 Å². The Bertz CT molecular complexity index is 249. The molecule has 0 rings (SSSR count). The second kappa shape index (κ2) is 17.2. The molecule has 0 aromatic heterocycles. The van der Waals surface area contributed by atoms with Gasteiger partial charge in [-0.3, -0.25) is 0 Å². The molecule has 124 valence electrons. The van der Waals surface area contributed by atoms with E-state index in [9.17, 15) is 9.90 Å². The van der Waals surface area contributed by atoms with E-state index in [0.29, 0.717) is 6.61 Å². The van der Waals surface area contributed by atoms with Crippen LogP contribution in [0.5, 0.6) is 0 Å². The van der Waals surface area contributed by atoms with Crippen molar-refractivity contribution in [3.8, 4) is 0 Å². The van der Waals surface area contributed by atoms with Crippen LogP contribution in [0.15, 0.2) is 12.2 Å². The highest BCUT2D eigenvalue weighted by Gasteiger charge is 1.91. The quantitative estimate of drug-likeness (QED) is 0.349. The zero-order chi connectivity index (χ0) is 15.6. The highest BCUT2D eigenvalue weighted by atomic mass is 16.4. The van der Waals surface area contributed by atoms with E-state index >= 15 is 0 Å². The minimum atomic E-state index is -0.925. The molecule has 0 amide bonds. The molecule has 0 fully saturated rings. The lowest BCUT2D eigenvalue weighted by Gasteiger charge is -2.01. The van der Waals surface area contributed by atoms with Crippen LogP contribution in [-0.4, -0.2) is 17.7 Å². The van der Waals surface area contributed by atoms with Gasteiger partial charge in [0.25, 0.3) is 0 Å². The van der Waals surface area contributed by atoms with Gasteiger partial charge in [-0.25, -0.2) is 0 Å². The predicted octanol–water partition coefficient (Wildman–Crippen LogP) is 3.75. The van der Waals surface area contributed by atoms with E-state index in [0.717, 1.165) is 38.5 Å². The standard InChI is InChI=1S/C18H34O3/c19-17-15-13-11-9-7-5-3-1-2-4-6-8-10-12-14-16-18(20)21/h1-2,19H,3-17H2,(H,20,21)/p-1/b2-1+. The van der Waals surface area contributed by atoms with Gasteiger partial charge in [0.1, 0.15) is 0 Å². The summed E-state index contributed by atoms with van der Waals surface area (Å²) in [5, 5.41) is 18.9. The Morgan fingerprint density at radius 3 is 1.62 bits per heavy atom. The Hall–Kier alpha value is -0.830. The van der Waals surface area contributed by atoms with Crippen LogP contribution in [-0.2, 0) is 4.79 Å². The first-order valence-corrected chi connectivity index (χ1v) is 8.73. The monoisotopic (exact) mass is 297 g/mol. The molecule has 0 spiro atoms. The van der Waals surface area contributed by atoms with Gasteiger partial charge < -0.3 is 15.0 Å². The first-order chi connectivity index (χ1) is 10.3. The van der Waals surface area contributed by atoms with Crippen LogP contribution in [0.25, 0.3) is 0 Å². The molecule has 0 aromatic carbocycles. The number of carbonyl (C=O) groups excluding carboxylic acids is 1. The van der Waals surface area contributed by atoms with E-state index in [1.165, 1.54) is 44.9 Å². The van der Waals surface area contributed by atoms with Gasteiger partial charge in [0, 0.05) is 12.6 Å². The summed E-state index contributed by atoms with van der Waals surface area (Å²) in [6.07, 6.45) is 19.7. The normalized spacial score (nSPS) is 11.3. The summed E-state index contributed by atoms with van der Waals surface area (Å²) in [6.45, 7) is 0.333. The van der Waals surface area contributed by atoms with Gasteiger partial charge in [-0.15, -0.1) is 0 Å². The molecule has 0 aliphatic rings. The number of allylic oxidation sites excluding steroid dienone is 2. The van der Waals surface area contributed by atoms with Crippen LogP contribution in [0.4, 0.5) is 0 Å². The number of aliphatic carboxylic acids is 1. The molecule has 0 aromatic rings. The van der Waals surface area contributed by atoms with Crippen LogP contribution in [0.2, 0.25) is 0 Å². The highest BCUT2D eigenvalue weighted by molar-refractivity contribution is 5.63. The molecule has 0 unspecified atom stereocenters. The summed E-state index contributed by atoms with van der Waals surface area (Å²) in [5.41, 5.74) is 0. The van der Waals surface area contributed by atoms with Crippen molar-refractivity contribution in [3.63, 3.8) is 0 Å². The largest absolute Gasteiger partial charge is 0.550 e. The minimum absolute atomic E-state index is 0.208. The van der Waals surface area contributed by atoms with Crippen LogP contribution < -0.4 is 5.11 Å². The molecule has 0 saturated heterocycles. The number of carbonyl (C=O) groups is 1. The van der Waals surface area contributed by atoms with Crippen molar-refractivity contribution in [2.45, 2.75) is 89.9 Å². The van der Waals surface area contributed by atoms with Crippen molar-refractivity contribution in [2.75, 3.05) is 6.61 Å². The SMILES string of the molecule is O=C([O-])CCCCCCC/C=C/CCCCCCCCO. The fourth-order valence-corrected chi connectivity index (χ4v) is 2.38. The Morgan fingerprint density at radius 1 is 0.714 bits per heavy atom. The molecule has 3 nitrogen and oxygen atoms in total. The third kappa shape index (κ3) is 19.2. The zero-order valence-electron chi connectivity index (χ0n) is 13.5. The van der Waals surface area contributed by atoms with E-state index in [-0.39, 0.29) is 6.42 Å². The van der Waals surface area contributed by atoms with E-state index in [1.807, 2.05) is 0 Å². The second-order valence-corrected chi connectivity index (χ2v) is 5.78. The van der Waals surface area contributed by atoms with Crippen LogP contribution in [0.3, 0.4) is 0 Å². The van der Waals surface area contributed by atoms with Crippen molar-refractivity contribution in [1.82, 2.24) is 0 Å². The Morgan fingerprint density at radius 2 is 1.14 bits per heavy atom. The third-order valence-corrected chi connectivity index (χ3v) is 3.70. The first kappa shape index (κ1) is 20.2. The molecule has 0 heterocycles. The van der Waals surface area contributed by atoms with Crippen LogP contribution in [0, 0.1) is 0 Å². The smallest absolute Gasteiger partial charge is 0.0431 e. The number of aliphatic hydroxyl groups excluding tert-OH is 1. The molecule has 0 aliphatic carbocycles. The number of carboxylic acid groups (broad SMARTS) is 1. The number of rotatable bonds is 16. The topological polar surface area (TPSA) is 60.4 Å². The van der Waals surface area contributed by atoms with Crippen molar-refractivity contribution < 1.29 is 15.0 Å². The lowest BCUT2D eigenvalue weighted by atomic mass is 10.1. The van der Waals surface area contributed by atoms with Gasteiger partial charge in [-0.1, -0.05) is 57.1 Å². The first-order valence-electron chi connectivity index (χ1n) is 8.73. The predicted molar refractivity (Wildman–Crippen MR) is 85.9 cm³/mol. The number of aliphatic hydroxyl groups is 1. The average Bonchev–Trinajstić information content (AvgIpc) is 2.46. The minimum Gasteiger partial charge on any atom is -0.550 e. The summed E-state index contributed by atoms with van der Waals surface area (Å²) < 4.78 is 0. The Kier molecular flexibility index (Phi) is 16.5. The molecular formula is C18H33O3-. The van der Waals surface area contributed by atoms with Gasteiger partial charge >= 0.3 is 0 Å². The Labute approximate surface area is 130 Å². The van der Waals surface area contributed by atoms with Crippen molar-refractivity contribution >= 4 is 5.97 Å². The molecule has 0 atom stereocenters. The highest BCUT2D eigenvalue weighted by Crippen LogP contribution is 2.09. The number of hydrogen-bond acceptors (Lipinski definition) is 3. The molecule has 0 bridgehead atoms. The average molecular weight is 297 g/mol. The number of hydrogen-bond donors (Lipinski definition) is 1. The van der Waals surface area contributed by atoms with Crippen LogP contribution >= 0.6 is 0 Å². The lowest BCUT2D eigenvalue weighted by molar-refractivity contribution is -0.305. The van der Waals surface area contributed by atoms with E-state index in [4.69, 9.17) is 5.11 Å². The molecule has 0 radical (unpaired) electrons. The molecule has 0 saturated carbocycles. The third-order valence-electron chi connectivity index (χ3n) is 3.70. The van der Waals surface area contributed by atoms with Crippen LogP contribution in [0.1, 0.15) is 89.9 Å². The van der Waals surface area contributed by atoms with Gasteiger partial charge in [0.2, 0.25) is 0 Å². The maximum Gasteiger partial charge on any atom is 0.0431 e. The van der Waals surface area contributed by atoms with Crippen molar-refractivity contribution in [3.05, 3.63) is 12.2 Å². The molecule has 0 aliphatic heterocycles. The molecule has 21 heavy (non-hydrogen) atoms. The summed E-state index contributed by atoms with van der Waals surface area (Å²) in [7, 11) is 0. The molecule has 1 N–H and O–H groups in total. The van der Waals surface area contributed by atoms with E-state index in [1.54, 1.807) is 0 Å². The second-order valence-electron chi connectivity index (χ2n) is 5.78. The van der Waals surface area contributed by atoms with E-state index in [2.05, 4.69) is 12.2 Å². The summed E-state index contributed by atoms with van der Waals surface area (Å²) in [4.78, 5) is 10.2. The summed E-state index contributed by atoms with van der Waals surface area (Å²) in [6, 6.07) is 0. The fourth-order valence-electron chi connectivity index (χ4n) is 2.38. The van der Waals surface area contributed by atoms with Gasteiger partial charge in [-0.2, -0.15) is 0 Å². The van der Waals surface area contributed by atoms with E-state index < -0.39 is 5.97 Å². The lowest BCUT2D eigenvalue weighted by Crippen LogP contribution is -2.21. The Balaban J connectivity index is 3.07. The number of carboxylic acids is 1. The molecule has 3 heteroatoms. The summed E-state index contributed by atoms with van der Waals surface area (Å²) in [5.74, 6) is -0.925. The fraction of sp³-hybridized carbons (Fsp3) is 0.833. The molecular weight excluding hydrogens is 264 g/mol. The maximum absolute atomic E-state index is 10.2.